The number of rotatable bonds is 10. The van der Waals surface area contributed by atoms with Crippen molar-refractivity contribution in [3.8, 4) is 0 Å². The minimum Gasteiger partial charge on any atom is -0.392 e. The first-order chi connectivity index (χ1) is 17.2. The molecule has 0 saturated carbocycles. The molecule has 0 bridgehead atoms. The van der Waals surface area contributed by atoms with E-state index in [1.807, 2.05) is 4.90 Å². The number of hydrogen-bond donors (Lipinski definition) is 1. The molecule has 1 fully saturated rings. The zero-order valence-electron chi connectivity index (χ0n) is 21.3. The molecule has 0 radical (unpaired) electrons. The van der Waals surface area contributed by atoms with E-state index in [2.05, 4.69) is 35.6 Å². The summed E-state index contributed by atoms with van der Waals surface area (Å²) in [6, 6.07) is 8.41. The van der Waals surface area contributed by atoms with Crippen LogP contribution < -0.4 is 9.21 Å². The van der Waals surface area contributed by atoms with Gasteiger partial charge in [-0.1, -0.05) is 41.6 Å². The summed E-state index contributed by atoms with van der Waals surface area (Å²) in [6.45, 7) is 6.97. The molecule has 1 saturated heterocycles. The zero-order chi connectivity index (χ0) is 27.4. The first-order valence-electron chi connectivity index (χ1n) is 12.2. The Hall–Kier alpha value is -1.60. The summed E-state index contributed by atoms with van der Waals surface area (Å²) in [5, 5.41) is 9.86. The van der Waals surface area contributed by atoms with Crippen LogP contribution in [0, 0.1) is 0 Å². The lowest BCUT2D eigenvalue weighted by molar-refractivity contribution is -0.137. The summed E-state index contributed by atoms with van der Waals surface area (Å²) in [5.74, 6) is 0. The van der Waals surface area contributed by atoms with E-state index in [1.54, 1.807) is 6.07 Å². The Morgan fingerprint density at radius 3 is 2.35 bits per heavy atom. The Kier molecular flexibility index (Phi) is 9.76. The highest BCUT2D eigenvalue weighted by atomic mass is 79.9. The van der Waals surface area contributed by atoms with Crippen molar-refractivity contribution >= 4 is 45.4 Å². The third-order valence-corrected chi connectivity index (χ3v) is 10.3. The highest BCUT2D eigenvalue weighted by Gasteiger charge is 2.36. The third kappa shape index (κ3) is 7.72. The van der Waals surface area contributed by atoms with Crippen molar-refractivity contribution in [3.05, 3.63) is 52.0 Å². The molecule has 0 aliphatic carbocycles. The van der Waals surface area contributed by atoms with Crippen LogP contribution in [-0.4, -0.2) is 48.0 Å². The number of aliphatic hydroxyl groups excluding tert-OH is 1. The molecule has 1 heterocycles. The molecule has 3 rings (SSSR count). The van der Waals surface area contributed by atoms with Crippen molar-refractivity contribution < 1.29 is 31.4 Å². The van der Waals surface area contributed by atoms with Gasteiger partial charge >= 0.3 is 6.18 Å². The maximum atomic E-state index is 14.1. The van der Waals surface area contributed by atoms with Crippen molar-refractivity contribution in [2.24, 2.45) is 0 Å². The van der Waals surface area contributed by atoms with Gasteiger partial charge in [0.2, 0.25) is 0 Å². The van der Waals surface area contributed by atoms with Crippen LogP contribution in [-0.2, 0) is 27.5 Å². The lowest BCUT2D eigenvalue weighted by atomic mass is 10.1. The van der Waals surface area contributed by atoms with Gasteiger partial charge in [-0.25, -0.2) is 12.7 Å². The molecular weight excluding hydrogens is 589 g/mol. The molecule has 1 N–H and O–H groups in total. The lowest BCUT2D eigenvalue weighted by Gasteiger charge is -2.34. The largest absolute Gasteiger partial charge is 0.416 e. The average Bonchev–Trinajstić information content (AvgIpc) is 2.83. The molecule has 37 heavy (non-hydrogen) atoms. The second kappa shape index (κ2) is 12.1. The molecule has 1 aliphatic heterocycles. The Labute approximate surface area is 226 Å². The summed E-state index contributed by atoms with van der Waals surface area (Å²) >= 11 is 3.28. The van der Waals surface area contributed by atoms with Gasteiger partial charge in [0.15, 0.2) is 0 Å². The number of hydrogen-bond acceptors (Lipinski definition) is 5. The molecule has 0 unspecified atom stereocenters. The summed E-state index contributed by atoms with van der Waals surface area (Å²) in [4.78, 5) is 1.73. The van der Waals surface area contributed by atoms with Crippen molar-refractivity contribution in [1.82, 2.24) is 0 Å². The van der Waals surface area contributed by atoms with Crippen LogP contribution in [0.2, 0.25) is 25.7 Å². The van der Waals surface area contributed by atoms with E-state index >= 15 is 0 Å². The van der Waals surface area contributed by atoms with E-state index in [4.69, 9.17) is 4.74 Å². The first-order valence-corrected chi connectivity index (χ1v) is 18.1. The van der Waals surface area contributed by atoms with Crippen molar-refractivity contribution in [1.29, 1.82) is 0 Å². The fourth-order valence-electron chi connectivity index (χ4n) is 4.11. The van der Waals surface area contributed by atoms with E-state index in [1.165, 1.54) is 18.2 Å². The normalized spacial score (nSPS) is 15.2. The van der Waals surface area contributed by atoms with Crippen LogP contribution in [0.25, 0.3) is 0 Å². The highest BCUT2D eigenvalue weighted by Crippen LogP contribution is 2.40. The molecule has 2 aromatic carbocycles. The second-order valence-electron chi connectivity index (χ2n) is 10.4. The summed E-state index contributed by atoms with van der Waals surface area (Å²) in [7, 11) is -5.92. The van der Waals surface area contributed by atoms with E-state index in [0.29, 0.717) is 23.2 Å². The molecule has 206 valence electrons. The van der Waals surface area contributed by atoms with E-state index < -0.39 is 43.2 Å². The number of alkyl halides is 3. The molecule has 0 atom stereocenters. The van der Waals surface area contributed by atoms with Crippen LogP contribution in [0.5, 0.6) is 0 Å². The quantitative estimate of drug-likeness (QED) is 0.187. The number of halogens is 4. The van der Waals surface area contributed by atoms with Crippen molar-refractivity contribution in [2.45, 2.75) is 62.6 Å². The number of ether oxygens (including phenoxy) is 1. The van der Waals surface area contributed by atoms with Gasteiger partial charge in [-0.2, -0.15) is 13.2 Å². The minimum atomic E-state index is -4.66. The summed E-state index contributed by atoms with van der Waals surface area (Å²) < 4.78 is 76.7. The Bertz CT molecular complexity index is 1180. The molecule has 6 nitrogen and oxygen atoms in total. The standard InChI is InChI=1S/C25H34BrF3N2O4SSi/c1-37(2,3)14-13-35-18-31(36(33,34)24-16-21(26)9-7-19(24)17-32)23-15-20(25(27,28)29)8-10-22(23)30-11-5-4-6-12-30/h7-10,15-16,32H,4-6,11-14,17-18H2,1-3H3. The van der Waals surface area contributed by atoms with Crippen LogP contribution in [0.15, 0.2) is 45.8 Å². The van der Waals surface area contributed by atoms with Gasteiger partial charge in [0, 0.05) is 32.2 Å². The number of anilines is 2. The van der Waals surface area contributed by atoms with Gasteiger partial charge in [0.25, 0.3) is 10.0 Å². The van der Waals surface area contributed by atoms with Crippen molar-refractivity contribution in [2.75, 3.05) is 35.6 Å². The predicted octanol–water partition coefficient (Wildman–Crippen LogP) is 6.46. The van der Waals surface area contributed by atoms with Gasteiger partial charge in [-0.3, -0.25) is 0 Å². The van der Waals surface area contributed by atoms with E-state index in [-0.39, 0.29) is 22.8 Å². The zero-order valence-corrected chi connectivity index (χ0v) is 24.7. The topological polar surface area (TPSA) is 70.1 Å². The van der Waals surface area contributed by atoms with Crippen LogP contribution >= 0.6 is 15.9 Å². The molecular formula is C25H34BrF3N2O4SSi. The van der Waals surface area contributed by atoms with Gasteiger partial charge in [0.1, 0.15) is 6.73 Å². The third-order valence-electron chi connectivity index (χ3n) is 6.24. The molecule has 0 amide bonds. The number of aliphatic hydroxyl groups is 1. The number of piperidine rings is 1. The van der Waals surface area contributed by atoms with Crippen LogP contribution in [0.1, 0.15) is 30.4 Å². The predicted molar refractivity (Wildman–Crippen MR) is 146 cm³/mol. The first kappa shape index (κ1) is 29.9. The molecule has 2 aromatic rings. The Morgan fingerprint density at radius 2 is 1.76 bits per heavy atom. The maximum absolute atomic E-state index is 14.1. The average molecular weight is 624 g/mol. The van der Waals surface area contributed by atoms with Gasteiger partial charge < -0.3 is 14.7 Å². The fraction of sp³-hybridized carbons (Fsp3) is 0.520. The van der Waals surface area contributed by atoms with Crippen LogP contribution in [0.4, 0.5) is 24.5 Å². The van der Waals surface area contributed by atoms with Gasteiger partial charge in [-0.05, 0) is 61.2 Å². The Balaban J connectivity index is 2.17. The smallest absolute Gasteiger partial charge is 0.392 e. The van der Waals surface area contributed by atoms with Gasteiger partial charge in [0.05, 0.1) is 28.4 Å². The molecule has 0 aromatic heterocycles. The van der Waals surface area contributed by atoms with Gasteiger partial charge in [-0.15, -0.1) is 0 Å². The molecule has 0 spiro atoms. The number of nitrogens with zero attached hydrogens (tertiary/aromatic N) is 2. The van der Waals surface area contributed by atoms with E-state index in [9.17, 15) is 26.7 Å². The number of sulfonamides is 1. The minimum absolute atomic E-state index is 0.0893. The fourth-order valence-corrected chi connectivity index (χ4v) is 6.98. The summed E-state index contributed by atoms with van der Waals surface area (Å²) in [5.41, 5.74) is -0.483. The maximum Gasteiger partial charge on any atom is 0.416 e. The van der Waals surface area contributed by atoms with E-state index in [0.717, 1.165) is 41.7 Å². The van der Waals surface area contributed by atoms with Crippen molar-refractivity contribution in [3.63, 3.8) is 0 Å². The Morgan fingerprint density at radius 1 is 1.08 bits per heavy atom. The lowest BCUT2D eigenvalue weighted by Crippen LogP contribution is -2.37. The van der Waals surface area contributed by atoms with Crippen LogP contribution in [0.3, 0.4) is 0 Å². The molecule has 12 heteroatoms. The SMILES string of the molecule is C[Si](C)(C)CCOCN(c1cc(C(F)(F)F)ccc1N1CCCCC1)S(=O)(=O)c1cc(Br)ccc1CO. The molecule has 1 aliphatic rings. The second-order valence-corrected chi connectivity index (χ2v) is 18.7. The monoisotopic (exact) mass is 622 g/mol. The highest BCUT2D eigenvalue weighted by molar-refractivity contribution is 9.10. The summed E-state index contributed by atoms with van der Waals surface area (Å²) in [6.07, 6.45) is -1.93. The number of benzene rings is 2.